The van der Waals surface area contributed by atoms with E-state index in [1.165, 1.54) is 0 Å². The van der Waals surface area contributed by atoms with Gasteiger partial charge in [0.25, 0.3) is 0 Å². The summed E-state index contributed by atoms with van der Waals surface area (Å²) in [4.78, 5) is 15.2. The third-order valence-electron chi connectivity index (χ3n) is 2.16. The Morgan fingerprint density at radius 3 is 2.87 bits per heavy atom. The lowest BCUT2D eigenvalue weighted by Gasteiger charge is -2.22. The van der Waals surface area contributed by atoms with Crippen LogP contribution in [0.15, 0.2) is 4.99 Å². The SMILES string of the molecule is CN=CC(C)NC(=O)OC1CCOCC1. The molecule has 0 radical (unpaired) electrons. The summed E-state index contributed by atoms with van der Waals surface area (Å²) in [6.45, 7) is 3.19. The molecule has 15 heavy (non-hydrogen) atoms. The Morgan fingerprint density at radius 2 is 2.27 bits per heavy atom. The fraction of sp³-hybridized carbons (Fsp3) is 0.800. The van der Waals surface area contributed by atoms with E-state index in [2.05, 4.69) is 10.3 Å². The summed E-state index contributed by atoms with van der Waals surface area (Å²) in [7, 11) is 1.67. The lowest BCUT2D eigenvalue weighted by atomic mass is 10.2. The fourth-order valence-electron chi connectivity index (χ4n) is 1.43. The summed E-state index contributed by atoms with van der Waals surface area (Å²) in [5.41, 5.74) is 0. The number of rotatable bonds is 3. The maximum Gasteiger partial charge on any atom is 0.407 e. The zero-order valence-electron chi connectivity index (χ0n) is 9.23. The number of nitrogens with zero attached hydrogens (tertiary/aromatic N) is 1. The summed E-state index contributed by atoms with van der Waals surface area (Å²) in [5.74, 6) is 0. The Labute approximate surface area is 89.9 Å². The second kappa shape index (κ2) is 6.40. The van der Waals surface area contributed by atoms with Crippen LogP contribution in [-0.4, -0.2) is 44.7 Å². The zero-order valence-corrected chi connectivity index (χ0v) is 9.23. The number of carbonyl (C=O) groups is 1. The van der Waals surface area contributed by atoms with Gasteiger partial charge in [0.05, 0.1) is 19.3 Å². The van der Waals surface area contributed by atoms with Crippen LogP contribution < -0.4 is 5.32 Å². The van der Waals surface area contributed by atoms with Crippen LogP contribution in [0, 0.1) is 0 Å². The van der Waals surface area contributed by atoms with Gasteiger partial charge >= 0.3 is 6.09 Å². The van der Waals surface area contributed by atoms with Gasteiger partial charge in [0, 0.05) is 26.1 Å². The van der Waals surface area contributed by atoms with Gasteiger partial charge < -0.3 is 14.8 Å². The maximum atomic E-state index is 11.4. The van der Waals surface area contributed by atoms with Crippen LogP contribution in [0.1, 0.15) is 19.8 Å². The molecule has 1 atom stereocenters. The van der Waals surface area contributed by atoms with Crippen LogP contribution in [0.2, 0.25) is 0 Å². The van der Waals surface area contributed by atoms with Crippen LogP contribution >= 0.6 is 0 Å². The maximum absolute atomic E-state index is 11.4. The van der Waals surface area contributed by atoms with Crippen molar-refractivity contribution in [3.8, 4) is 0 Å². The molecule has 0 aromatic heterocycles. The normalized spacial score (nSPS) is 20.1. The lowest BCUT2D eigenvalue weighted by Crippen LogP contribution is -2.37. The summed E-state index contributed by atoms with van der Waals surface area (Å²) in [6, 6.07) is -0.0951. The minimum atomic E-state index is -0.380. The molecule has 5 heteroatoms. The molecule has 0 spiro atoms. The Morgan fingerprint density at radius 1 is 1.60 bits per heavy atom. The zero-order chi connectivity index (χ0) is 11.1. The van der Waals surface area contributed by atoms with E-state index in [9.17, 15) is 4.79 Å². The number of hydrogen-bond donors (Lipinski definition) is 1. The molecular weight excluding hydrogens is 196 g/mol. The first-order chi connectivity index (χ1) is 7.22. The molecule has 86 valence electrons. The average molecular weight is 214 g/mol. The van der Waals surface area contributed by atoms with Gasteiger partial charge in [-0.15, -0.1) is 0 Å². The van der Waals surface area contributed by atoms with Crippen molar-refractivity contribution >= 4 is 12.3 Å². The van der Waals surface area contributed by atoms with E-state index in [0.29, 0.717) is 13.2 Å². The highest BCUT2D eigenvalue weighted by molar-refractivity contribution is 5.74. The first-order valence-electron chi connectivity index (χ1n) is 5.19. The standard InChI is InChI=1S/C10H18N2O3/c1-8(7-11-2)12-10(13)15-9-3-5-14-6-4-9/h7-9H,3-6H2,1-2H3,(H,12,13). The van der Waals surface area contributed by atoms with Crippen molar-refractivity contribution < 1.29 is 14.3 Å². The predicted octanol–water partition coefficient (Wildman–Crippen LogP) is 0.981. The molecule has 1 rings (SSSR count). The summed E-state index contributed by atoms with van der Waals surface area (Å²) in [6.07, 6.45) is 2.83. The van der Waals surface area contributed by atoms with Crippen molar-refractivity contribution in [2.45, 2.75) is 31.9 Å². The molecule has 1 aliphatic heterocycles. The van der Waals surface area contributed by atoms with Crippen molar-refractivity contribution in [2.75, 3.05) is 20.3 Å². The Kier molecular flexibility index (Phi) is 5.10. The van der Waals surface area contributed by atoms with Crippen LogP contribution in [0.25, 0.3) is 0 Å². The van der Waals surface area contributed by atoms with Crippen LogP contribution in [0.3, 0.4) is 0 Å². The highest BCUT2D eigenvalue weighted by Gasteiger charge is 2.18. The van der Waals surface area contributed by atoms with Crippen molar-refractivity contribution in [3.63, 3.8) is 0 Å². The van der Waals surface area contributed by atoms with E-state index in [1.54, 1.807) is 13.3 Å². The number of hydrogen-bond acceptors (Lipinski definition) is 4. The van der Waals surface area contributed by atoms with Gasteiger partial charge in [0.1, 0.15) is 6.10 Å². The van der Waals surface area contributed by atoms with Gasteiger partial charge in [-0.1, -0.05) is 0 Å². The van der Waals surface area contributed by atoms with Crippen LogP contribution in [0.5, 0.6) is 0 Å². The van der Waals surface area contributed by atoms with Gasteiger partial charge in [0.15, 0.2) is 0 Å². The van der Waals surface area contributed by atoms with Gasteiger partial charge in [0.2, 0.25) is 0 Å². The molecule has 0 aromatic rings. The van der Waals surface area contributed by atoms with Crippen molar-refractivity contribution in [1.29, 1.82) is 0 Å². The molecule has 1 aliphatic rings. The minimum absolute atomic E-state index is 0.00971. The van der Waals surface area contributed by atoms with E-state index in [0.717, 1.165) is 12.8 Å². The van der Waals surface area contributed by atoms with E-state index in [-0.39, 0.29) is 18.2 Å². The molecule has 1 unspecified atom stereocenters. The number of nitrogens with one attached hydrogen (secondary N) is 1. The molecule has 1 heterocycles. The monoisotopic (exact) mass is 214 g/mol. The van der Waals surface area contributed by atoms with E-state index < -0.39 is 0 Å². The molecule has 0 aromatic carbocycles. The first-order valence-corrected chi connectivity index (χ1v) is 5.19. The third kappa shape index (κ3) is 4.78. The smallest absolute Gasteiger partial charge is 0.407 e. The van der Waals surface area contributed by atoms with E-state index >= 15 is 0 Å². The molecule has 0 saturated carbocycles. The number of alkyl carbamates (subject to hydrolysis) is 1. The van der Waals surface area contributed by atoms with Crippen molar-refractivity contribution in [1.82, 2.24) is 5.32 Å². The minimum Gasteiger partial charge on any atom is -0.446 e. The van der Waals surface area contributed by atoms with Gasteiger partial charge in [-0.3, -0.25) is 4.99 Å². The Bertz CT molecular complexity index is 225. The first kappa shape index (κ1) is 12.0. The Hall–Kier alpha value is -1.10. The predicted molar refractivity (Wildman–Crippen MR) is 57.3 cm³/mol. The van der Waals surface area contributed by atoms with Crippen LogP contribution in [-0.2, 0) is 9.47 Å². The van der Waals surface area contributed by atoms with Gasteiger partial charge in [-0.2, -0.15) is 0 Å². The van der Waals surface area contributed by atoms with Crippen LogP contribution in [0.4, 0.5) is 4.79 Å². The number of aliphatic imine (C=N–C) groups is 1. The third-order valence-corrected chi connectivity index (χ3v) is 2.16. The quantitative estimate of drug-likeness (QED) is 0.712. The molecule has 1 fully saturated rings. The number of amides is 1. The highest BCUT2D eigenvalue weighted by Crippen LogP contribution is 2.10. The van der Waals surface area contributed by atoms with E-state index in [1.807, 2.05) is 6.92 Å². The summed E-state index contributed by atoms with van der Waals surface area (Å²) >= 11 is 0. The van der Waals surface area contributed by atoms with Gasteiger partial charge in [-0.25, -0.2) is 4.79 Å². The second-order valence-corrected chi connectivity index (χ2v) is 3.56. The molecule has 1 amide bonds. The van der Waals surface area contributed by atoms with Gasteiger partial charge in [-0.05, 0) is 6.92 Å². The molecule has 1 saturated heterocycles. The summed E-state index contributed by atoms with van der Waals surface area (Å²) < 4.78 is 10.4. The van der Waals surface area contributed by atoms with Crippen molar-refractivity contribution in [3.05, 3.63) is 0 Å². The molecule has 0 bridgehead atoms. The number of carbonyl (C=O) groups excluding carboxylic acids is 1. The average Bonchev–Trinajstić information content (AvgIpc) is 2.19. The van der Waals surface area contributed by atoms with Crippen molar-refractivity contribution in [2.24, 2.45) is 4.99 Å². The molecule has 0 aliphatic carbocycles. The molecular formula is C10H18N2O3. The topological polar surface area (TPSA) is 59.9 Å². The second-order valence-electron chi connectivity index (χ2n) is 3.56. The fourth-order valence-corrected chi connectivity index (χ4v) is 1.43. The highest BCUT2D eigenvalue weighted by atomic mass is 16.6. The summed E-state index contributed by atoms with van der Waals surface area (Å²) in [5, 5.41) is 2.68. The number of ether oxygens (including phenoxy) is 2. The largest absolute Gasteiger partial charge is 0.446 e. The Balaban J connectivity index is 2.22. The molecule has 5 nitrogen and oxygen atoms in total. The lowest BCUT2D eigenvalue weighted by molar-refractivity contribution is 0.00147. The molecule has 1 N–H and O–H groups in total. The van der Waals surface area contributed by atoms with E-state index in [4.69, 9.17) is 9.47 Å².